The van der Waals surface area contributed by atoms with Crippen LogP contribution in [0.25, 0.3) is 0 Å². The van der Waals surface area contributed by atoms with Crippen LogP contribution >= 0.6 is 0 Å². The number of Topliss-reactive ketones (excluding diaryl/α,β-unsaturated/α-hetero) is 1. The van der Waals surface area contributed by atoms with E-state index in [1.807, 2.05) is 66.7 Å². The molecule has 3 aromatic carbocycles. The summed E-state index contributed by atoms with van der Waals surface area (Å²) in [5, 5.41) is 0. The number of carbonyl (C=O) groups excluding carboxylic acids is 2. The summed E-state index contributed by atoms with van der Waals surface area (Å²) in [7, 11) is 0. The Balaban J connectivity index is 1.91. The fourth-order valence-corrected chi connectivity index (χ4v) is 2.90. The van der Waals surface area contributed by atoms with Crippen molar-refractivity contribution in [3.05, 3.63) is 108 Å². The van der Waals surface area contributed by atoms with E-state index in [2.05, 4.69) is 0 Å². The van der Waals surface area contributed by atoms with Gasteiger partial charge in [0, 0.05) is 17.7 Å². The van der Waals surface area contributed by atoms with Crippen LogP contribution in [0.2, 0.25) is 0 Å². The van der Waals surface area contributed by atoms with Crippen molar-refractivity contribution in [2.75, 3.05) is 0 Å². The first kappa shape index (κ1) is 17.6. The predicted octanol–water partition coefficient (Wildman–Crippen LogP) is 4.60. The molecule has 130 valence electrons. The summed E-state index contributed by atoms with van der Waals surface area (Å²) in [6.45, 7) is 2.17. The second-order valence-electron chi connectivity index (χ2n) is 6.19. The van der Waals surface area contributed by atoms with Crippen LogP contribution in [0, 0.1) is 0 Å². The van der Waals surface area contributed by atoms with Gasteiger partial charge in [0.1, 0.15) is 0 Å². The molecule has 0 saturated heterocycles. The Morgan fingerprint density at radius 3 is 1.73 bits per heavy atom. The van der Waals surface area contributed by atoms with E-state index in [9.17, 15) is 9.59 Å². The van der Waals surface area contributed by atoms with Crippen LogP contribution in [0.4, 0.5) is 0 Å². The van der Waals surface area contributed by atoms with Crippen LogP contribution in [-0.4, -0.2) is 22.6 Å². The minimum Gasteiger partial charge on any atom is -0.324 e. The van der Waals surface area contributed by atoms with E-state index < -0.39 is 6.04 Å². The van der Waals surface area contributed by atoms with Gasteiger partial charge in [0.05, 0.1) is 6.04 Å². The molecule has 3 rings (SSSR count). The van der Waals surface area contributed by atoms with Crippen LogP contribution in [0.15, 0.2) is 91.0 Å². The Bertz CT molecular complexity index is 860. The SMILES string of the molecule is C[C@H](C(=O)c1ccccc1)N(Cc1ccccc1)C(=O)c1ccccc1. The van der Waals surface area contributed by atoms with Gasteiger partial charge in [0.15, 0.2) is 5.78 Å². The van der Waals surface area contributed by atoms with Crippen LogP contribution in [0.1, 0.15) is 33.2 Å². The Labute approximate surface area is 153 Å². The summed E-state index contributed by atoms with van der Waals surface area (Å²) in [6.07, 6.45) is 0. The molecule has 0 saturated carbocycles. The molecule has 0 N–H and O–H groups in total. The van der Waals surface area contributed by atoms with Gasteiger partial charge in [0.25, 0.3) is 5.91 Å². The van der Waals surface area contributed by atoms with E-state index in [-0.39, 0.29) is 11.7 Å². The molecule has 1 atom stereocenters. The van der Waals surface area contributed by atoms with Crippen molar-refractivity contribution >= 4 is 11.7 Å². The number of benzene rings is 3. The molecule has 0 aliphatic heterocycles. The molecular formula is C23H21NO2. The van der Waals surface area contributed by atoms with Gasteiger partial charge in [-0.1, -0.05) is 78.9 Å². The molecule has 3 aromatic rings. The molecule has 0 fully saturated rings. The van der Waals surface area contributed by atoms with Crippen molar-refractivity contribution < 1.29 is 9.59 Å². The summed E-state index contributed by atoms with van der Waals surface area (Å²) in [6, 6.07) is 27.4. The average Bonchev–Trinajstić information content (AvgIpc) is 2.72. The molecule has 0 heterocycles. The van der Waals surface area contributed by atoms with Crippen LogP contribution in [0.3, 0.4) is 0 Å². The predicted molar refractivity (Wildman–Crippen MR) is 103 cm³/mol. The summed E-state index contributed by atoms with van der Waals surface area (Å²) in [5.41, 5.74) is 2.18. The molecule has 0 aliphatic rings. The molecule has 3 heteroatoms. The van der Waals surface area contributed by atoms with Crippen LogP contribution < -0.4 is 0 Å². The molecular weight excluding hydrogens is 322 g/mol. The standard InChI is InChI=1S/C23H21NO2/c1-18(22(25)20-13-7-3-8-14-20)24(17-19-11-5-2-6-12-19)23(26)21-15-9-4-10-16-21/h2-16,18H,17H2,1H3/t18-/m1/s1. The normalized spacial score (nSPS) is 11.6. The molecule has 0 spiro atoms. The Morgan fingerprint density at radius 2 is 1.19 bits per heavy atom. The monoisotopic (exact) mass is 343 g/mol. The number of ketones is 1. The fourth-order valence-electron chi connectivity index (χ4n) is 2.90. The van der Waals surface area contributed by atoms with E-state index in [1.165, 1.54) is 0 Å². The number of nitrogens with zero attached hydrogens (tertiary/aromatic N) is 1. The number of hydrogen-bond acceptors (Lipinski definition) is 2. The fraction of sp³-hybridized carbons (Fsp3) is 0.130. The lowest BCUT2D eigenvalue weighted by Crippen LogP contribution is -2.42. The summed E-state index contributed by atoms with van der Waals surface area (Å²) in [4.78, 5) is 27.7. The first-order chi connectivity index (χ1) is 12.7. The Hall–Kier alpha value is -3.20. The Kier molecular flexibility index (Phi) is 5.59. The third-order valence-electron chi connectivity index (χ3n) is 4.38. The second kappa shape index (κ2) is 8.26. The molecule has 0 bridgehead atoms. The van der Waals surface area contributed by atoms with E-state index >= 15 is 0 Å². The van der Waals surface area contributed by atoms with Gasteiger partial charge in [-0.05, 0) is 24.6 Å². The van der Waals surface area contributed by atoms with Crippen molar-refractivity contribution in [1.82, 2.24) is 4.90 Å². The molecule has 0 radical (unpaired) electrons. The number of carbonyl (C=O) groups is 2. The molecule has 1 amide bonds. The second-order valence-corrected chi connectivity index (χ2v) is 6.19. The molecule has 3 nitrogen and oxygen atoms in total. The lowest BCUT2D eigenvalue weighted by molar-refractivity contribution is 0.0612. The topological polar surface area (TPSA) is 37.4 Å². The lowest BCUT2D eigenvalue weighted by Gasteiger charge is -2.29. The summed E-state index contributed by atoms with van der Waals surface area (Å²) >= 11 is 0. The average molecular weight is 343 g/mol. The van der Waals surface area contributed by atoms with Crippen molar-refractivity contribution in [2.24, 2.45) is 0 Å². The van der Waals surface area contributed by atoms with E-state index in [1.54, 1.807) is 36.1 Å². The van der Waals surface area contributed by atoms with Crippen LogP contribution in [0.5, 0.6) is 0 Å². The Morgan fingerprint density at radius 1 is 0.731 bits per heavy atom. The number of rotatable bonds is 6. The molecule has 0 aliphatic carbocycles. The number of amides is 1. The highest BCUT2D eigenvalue weighted by Crippen LogP contribution is 2.17. The van der Waals surface area contributed by atoms with Gasteiger partial charge >= 0.3 is 0 Å². The van der Waals surface area contributed by atoms with Gasteiger partial charge in [-0.15, -0.1) is 0 Å². The first-order valence-corrected chi connectivity index (χ1v) is 8.66. The van der Waals surface area contributed by atoms with Crippen molar-refractivity contribution in [2.45, 2.75) is 19.5 Å². The highest BCUT2D eigenvalue weighted by atomic mass is 16.2. The summed E-state index contributed by atoms with van der Waals surface area (Å²) in [5.74, 6) is -0.211. The minimum atomic E-state index is -0.565. The van der Waals surface area contributed by atoms with Gasteiger partial charge < -0.3 is 4.90 Å². The smallest absolute Gasteiger partial charge is 0.254 e. The largest absolute Gasteiger partial charge is 0.324 e. The zero-order valence-corrected chi connectivity index (χ0v) is 14.7. The van der Waals surface area contributed by atoms with E-state index in [0.29, 0.717) is 17.7 Å². The van der Waals surface area contributed by atoms with E-state index in [0.717, 1.165) is 5.56 Å². The van der Waals surface area contributed by atoms with Gasteiger partial charge in [0.2, 0.25) is 0 Å². The zero-order valence-electron chi connectivity index (χ0n) is 14.7. The zero-order chi connectivity index (χ0) is 18.4. The number of hydrogen-bond donors (Lipinski definition) is 0. The van der Waals surface area contributed by atoms with Crippen molar-refractivity contribution in [1.29, 1.82) is 0 Å². The highest BCUT2D eigenvalue weighted by Gasteiger charge is 2.27. The maximum Gasteiger partial charge on any atom is 0.254 e. The van der Waals surface area contributed by atoms with Gasteiger partial charge in [-0.2, -0.15) is 0 Å². The van der Waals surface area contributed by atoms with E-state index in [4.69, 9.17) is 0 Å². The third kappa shape index (κ3) is 4.06. The highest BCUT2D eigenvalue weighted by molar-refractivity contribution is 6.04. The maximum absolute atomic E-state index is 13.1. The van der Waals surface area contributed by atoms with Gasteiger partial charge in [-0.3, -0.25) is 9.59 Å². The van der Waals surface area contributed by atoms with Crippen LogP contribution in [-0.2, 0) is 6.54 Å². The third-order valence-corrected chi connectivity index (χ3v) is 4.38. The molecule has 26 heavy (non-hydrogen) atoms. The lowest BCUT2D eigenvalue weighted by atomic mass is 10.0. The summed E-state index contributed by atoms with van der Waals surface area (Å²) < 4.78 is 0. The molecule has 0 aromatic heterocycles. The van der Waals surface area contributed by atoms with Crippen molar-refractivity contribution in [3.63, 3.8) is 0 Å². The molecule has 0 unspecified atom stereocenters. The van der Waals surface area contributed by atoms with Crippen molar-refractivity contribution in [3.8, 4) is 0 Å². The van der Waals surface area contributed by atoms with Gasteiger partial charge in [-0.25, -0.2) is 0 Å². The first-order valence-electron chi connectivity index (χ1n) is 8.66. The quantitative estimate of drug-likeness (QED) is 0.613. The minimum absolute atomic E-state index is 0.0641. The maximum atomic E-state index is 13.1.